The number of nitrogens with one attached hydrogen (secondary N) is 2. The lowest BCUT2D eigenvalue weighted by Crippen LogP contribution is -2.38. The van der Waals surface area contributed by atoms with Gasteiger partial charge in [-0.05, 0) is 18.3 Å². The molecule has 8 heteroatoms. The van der Waals surface area contributed by atoms with Crippen molar-refractivity contribution in [3.8, 4) is 0 Å². The van der Waals surface area contributed by atoms with Crippen molar-refractivity contribution in [2.75, 3.05) is 0 Å². The highest BCUT2D eigenvalue weighted by molar-refractivity contribution is 6.48. The molecule has 2 aliphatic carbocycles. The van der Waals surface area contributed by atoms with E-state index in [2.05, 4.69) is 41.8 Å². The van der Waals surface area contributed by atoms with Crippen molar-refractivity contribution in [3.05, 3.63) is 0 Å². The summed E-state index contributed by atoms with van der Waals surface area (Å²) in [6.45, 7) is 6.36. The van der Waals surface area contributed by atoms with Crippen molar-refractivity contribution in [1.29, 1.82) is 0 Å². The molecule has 0 saturated heterocycles. The first kappa shape index (κ1) is 14.3. The molecule has 0 aliphatic heterocycles. The minimum Gasteiger partial charge on any atom is -0.350 e. The number of carbonyl (C=O) groups excluding carboxylic acids is 2. The summed E-state index contributed by atoms with van der Waals surface area (Å²) in [7, 11) is 0. The summed E-state index contributed by atoms with van der Waals surface area (Å²) < 4.78 is 0. The molecule has 2 fully saturated rings. The third kappa shape index (κ3) is 1.91. The largest absolute Gasteiger partial charge is 0.350 e. The Bertz CT molecular complexity index is 524. The summed E-state index contributed by atoms with van der Waals surface area (Å²) in [5.41, 5.74) is 15.6. The molecule has 110 valence electrons. The van der Waals surface area contributed by atoms with Crippen molar-refractivity contribution >= 4 is 23.5 Å². The number of rotatable bonds is 2. The van der Waals surface area contributed by atoms with Crippen LogP contribution in [0.25, 0.3) is 0 Å². The first-order valence-electron chi connectivity index (χ1n) is 6.47. The molecule has 0 heterocycles. The lowest BCUT2D eigenvalue weighted by Gasteiger charge is -2.33. The average molecular weight is 280 g/mol. The first-order chi connectivity index (χ1) is 9.20. The fourth-order valence-corrected chi connectivity index (χ4v) is 3.39. The maximum absolute atomic E-state index is 10.9. The summed E-state index contributed by atoms with van der Waals surface area (Å²) in [5, 5.41) is 8.18. The number of hydrogen-bond donors (Lipinski definition) is 4. The molecule has 8 nitrogen and oxygen atoms in total. The normalized spacial score (nSPS) is 34.5. The SMILES string of the molecule is CC12CCC(C(=NNC(N)=O)C1=NNC(N)=O)C2(C)C. The number of hydrogen-bond acceptors (Lipinski definition) is 4. The zero-order valence-electron chi connectivity index (χ0n) is 11.9. The van der Waals surface area contributed by atoms with Crippen LogP contribution in [0.5, 0.6) is 0 Å². The fourth-order valence-electron chi connectivity index (χ4n) is 3.39. The smallest absolute Gasteiger partial charge is 0.332 e. The summed E-state index contributed by atoms with van der Waals surface area (Å²) in [6.07, 6.45) is 1.90. The van der Waals surface area contributed by atoms with Gasteiger partial charge in [-0.25, -0.2) is 20.4 Å². The van der Waals surface area contributed by atoms with Crippen LogP contribution in [0, 0.1) is 16.7 Å². The maximum atomic E-state index is 10.9. The molecule has 2 rings (SSSR count). The van der Waals surface area contributed by atoms with Crippen LogP contribution >= 0.6 is 0 Å². The number of primary amides is 2. The zero-order chi connectivity index (χ0) is 15.1. The van der Waals surface area contributed by atoms with E-state index in [1.54, 1.807) is 0 Å². The average Bonchev–Trinajstić information content (AvgIpc) is 2.64. The Morgan fingerprint density at radius 3 is 2.25 bits per heavy atom. The van der Waals surface area contributed by atoms with Crippen molar-refractivity contribution in [3.63, 3.8) is 0 Å². The lowest BCUT2D eigenvalue weighted by atomic mass is 9.70. The minimum atomic E-state index is -0.733. The summed E-state index contributed by atoms with van der Waals surface area (Å²) >= 11 is 0. The van der Waals surface area contributed by atoms with Crippen LogP contribution in [-0.4, -0.2) is 23.5 Å². The van der Waals surface area contributed by atoms with E-state index in [-0.39, 0.29) is 16.7 Å². The molecule has 0 spiro atoms. The molecule has 2 saturated carbocycles. The molecular weight excluding hydrogens is 260 g/mol. The first-order valence-corrected chi connectivity index (χ1v) is 6.47. The fraction of sp³-hybridized carbons (Fsp3) is 0.667. The van der Waals surface area contributed by atoms with Crippen molar-refractivity contribution in [2.45, 2.75) is 33.6 Å². The van der Waals surface area contributed by atoms with Gasteiger partial charge in [-0.3, -0.25) is 0 Å². The molecule has 0 aromatic heterocycles. The third-order valence-electron chi connectivity index (χ3n) is 4.89. The minimum absolute atomic E-state index is 0.0662. The van der Waals surface area contributed by atoms with Gasteiger partial charge >= 0.3 is 12.1 Å². The number of fused-ring (bicyclic) bond motifs is 2. The number of carbonyl (C=O) groups is 2. The van der Waals surface area contributed by atoms with Crippen LogP contribution in [0.4, 0.5) is 9.59 Å². The standard InChI is InChI=1S/C12H20N6O2/c1-11(2)6-4-5-12(11,3)8(16-18-10(14)20)7(6)15-17-9(13)19/h6H,4-5H2,1-3H3,(H3,13,17,19)(H3,14,18,20). The van der Waals surface area contributed by atoms with Gasteiger partial charge in [-0.15, -0.1) is 0 Å². The molecule has 0 aromatic carbocycles. The van der Waals surface area contributed by atoms with Gasteiger partial charge in [0, 0.05) is 11.3 Å². The van der Waals surface area contributed by atoms with Gasteiger partial charge in [-0.2, -0.15) is 10.2 Å². The maximum Gasteiger partial charge on any atom is 0.332 e. The van der Waals surface area contributed by atoms with Gasteiger partial charge in [-0.1, -0.05) is 20.8 Å². The van der Waals surface area contributed by atoms with Crippen LogP contribution in [0.3, 0.4) is 0 Å². The number of urea groups is 2. The van der Waals surface area contributed by atoms with Crippen LogP contribution in [0.2, 0.25) is 0 Å². The van der Waals surface area contributed by atoms with Crippen molar-refractivity contribution < 1.29 is 9.59 Å². The summed E-state index contributed by atoms with van der Waals surface area (Å²) in [5.74, 6) is 0.160. The lowest BCUT2D eigenvalue weighted by molar-refractivity contribution is 0.207. The monoisotopic (exact) mass is 280 g/mol. The second-order valence-corrected chi connectivity index (χ2v) is 6.05. The second-order valence-electron chi connectivity index (χ2n) is 6.05. The zero-order valence-corrected chi connectivity index (χ0v) is 11.9. The molecule has 0 aromatic rings. The molecule has 2 unspecified atom stereocenters. The topological polar surface area (TPSA) is 135 Å². The molecule has 2 aliphatic rings. The Labute approximate surface area is 117 Å². The highest BCUT2D eigenvalue weighted by Gasteiger charge is 2.63. The molecule has 0 radical (unpaired) electrons. The van der Waals surface area contributed by atoms with Gasteiger partial charge in [0.05, 0.1) is 11.4 Å². The number of amides is 4. The van der Waals surface area contributed by atoms with E-state index in [1.807, 2.05) is 0 Å². The van der Waals surface area contributed by atoms with Gasteiger partial charge in [0.15, 0.2) is 0 Å². The van der Waals surface area contributed by atoms with E-state index < -0.39 is 12.1 Å². The van der Waals surface area contributed by atoms with Gasteiger partial charge in [0.2, 0.25) is 0 Å². The second kappa shape index (κ2) is 4.46. The van der Waals surface area contributed by atoms with E-state index in [9.17, 15) is 9.59 Å². The van der Waals surface area contributed by atoms with Gasteiger partial charge < -0.3 is 11.5 Å². The molecule has 20 heavy (non-hydrogen) atoms. The highest BCUT2D eigenvalue weighted by atomic mass is 16.2. The molecular formula is C12H20N6O2. The van der Waals surface area contributed by atoms with E-state index in [0.29, 0.717) is 11.4 Å². The van der Waals surface area contributed by atoms with E-state index in [4.69, 9.17) is 11.5 Å². The molecule has 4 amide bonds. The summed E-state index contributed by atoms with van der Waals surface area (Å²) in [6, 6.07) is -1.46. The van der Waals surface area contributed by atoms with Crippen LogP contribution in [-0.2, 0) is 0 Å². The quantitative estimate of drug-likeness (QED) is 0.548. The summed E-state index contributed by atoms with van der Waals surface area (Å²) in [4.78, 5) is 21.7. The van der Waals surface area contributed by atoms with Gasteiger partial charge in [0.1, 0.15) is 0 Å². The van der Waals surface area contributed by atoms with Crippen molar-refractivity contribution in [1.82, 2.24) is 10.9 Å². The third-order valence-corrected chi connectivity index (χ3v) is 4.89. The van der Waals surface area contributed by atoms with Crippen molar-refractivity contribution in [2.24, 2.45) is 38.4 Å². The van der Waals surface area contributed by atoms with Crippen LogP contribution in [0.15, 0.2) is 10.2 Å². The Kier molecular flexibility index (Phi) is 3.19. The van der Waals surface area contributed by atoms with E-state index in [1.165, 1.54) is 0 Å². The Morgan fingerprint density at radius 1 is 1.15 bits per heavy atom. The molecule has 2 bridgehead atoms. The number of hydrazone groups is 2. The predicted octanol–water partition coefficient (Wildman–Crippen LogP) is 0.491. The number of nitrogens with zero attached hydrogens (tertiary/aromatic N) is 2. The Hall–Kier alpha value is -2.12. The Morgan fingerprint density at radius 2 is 1.70 bits per heavy atom. The predicted molar refractivity (Wildman–Crippen MR) is 74.9 cm³/mol. The van der Waals surface area contributed by atoms with Crippen LogP contribution in [0.1, 0.15) is 33.6 Å². The number of nitrogens with two attached hydrogens (primary N) is 2. The Balaban J connectivity index is 2.44. The van der Waals surface area contributed by atoms with Crippen LogP contribution < -0.4 is 22.3 Å². The van der Waals surface area contributed by atoms with E-state index in [0.717, 1.165) is 12.8 Å². The van der Waals surface area contributed by atoms with Gasteiger partial charge in [0.25, 0.3) is 0 Å². The molecule has 2 atom stereocenters. The highest BCUT2D eigenvalue weighted by Crippen LogP contribution is 2.62. The van der Waals surface area contributed by atoms with E-state index >= 15 is 0 Å². The molecule has 6 N–H and O–H groups in total.